The highest BCUT2D eigenvalue weighted by Gasteiger charge is 2.54. The molecule has 112 valence electrons. The fourth-order valence-corrected chi connectivity index (χ4v) is 4.47. The quantitative estimate of drug-likeness (QED) is 0.838. The van der Waals surface area contributed by atoms with Crippen LogP contribution >= 0.6 is 0 Å². The molecule has 2 heteroatoms. The van der Waals surface area contributed by atoms with Gasteiger partial charge in [0, 0.05) is 11.0 Å². The molecule has 1 saturated carbocycles. The maximum Gasteiger partial charge on any atom is 0.170 e. The maximum atomic E-state index is 13.1. The minimum absolute atomic E-state index is 0.210. The molecule has 0 spiro atoms. The first-order valence-electron chi connectivity index (χ1n) is 8.01. The standard InChI is InChI=1S/C20H20O2/c1-22-15-10-8-14(9-11-15)13-20-12-4-7-18(20)16-5-2-3-6-17(16)19(20)21/h2-3,5-6,8-11,18H,4,7,12-13H2,1H3. The van der Waals surface area contributed by atoms with Crippen molar-refractivity contribution in [1.82, 2.24) is 0 Å². The van der Waals surface area contributed by atoms with Crippen LogP contribution in [0, 0.1) is 5.41 Å². The largest absolute Gasteiger partial charge is 0.497 e. The third-order valence-corrected chi connectivity index (χ3v) is 5.49. The Balaban J connectivity index is 1.72. The van der Waals surface area contributed by atoms with Crippen molar-refractivity contribution in [2.24, 2.45) is 5.41 Å². The first-order valence-corrected chi connectivity index (χ1v) is 8.01. The number of fused-ring (bicyclic) bond motifs is 3. The summed E-state index contributed by atoms with van der Waals surface area (Å²) in [4.78, 5) is 13.1. The predicted octanol–water partition coefficient (Wildman–Crippen LogP) is 4.39. The lowest BCUT2D eigenvalue weighted by atomic mass is 9.73. The van der Waals surface area contributed by atoms with Crippen LogP contribution in [0.1, 0.15) is 46.7 Å². The summed E-state index contributed by atoms with van der Waals surface area (Å²) in [6, 6.07) is 16.4. The zero-order valence-corrected chi connectivity index (χ0v) is 12.8. The molecule has 0 heterocycles. The average Bonchev–Trinajstić information content (AvgIpc) is 3.07. The number of benzene rings is 2. The van der Waals surface area contributed by atoms with Crippen LogP contribution in [0.2, 0.25) is 0 Å². The number of ether oxygens (including phenoxy) is 1. The first-order chi connectivity index (χ1) is 10.7. The highest BCUT2D eigenvalue weighted by atomic mass is 16.5. The summed E-state index contributed by atoms with van der Waals surface area (Å²) in [7, 11) is 1.68. The fraction of sp³-hybridized carbons (Fsp3) is 0.350. The van der Waals surface area contributed by atoms with Crippen molar-refractivity contribution in [2.75, 3.05) is 7.11 Å². The van der Waals surface area contributed by atoms with Gasteiger partial charge >= 0.3 is 0 Å². The van der Waals surface area contributed by atoms with Crippen LogP contribution in [-0.2, 0) is 6.42 Å². The molecule has 0 aromatic heterocycles. The van der Waals surface area contributed by atoms with E-state index in [1.165, 1.54) is 11.1 Å². The fourth-order valence-electron chi connectivity index (χ4n) is 4.47. The topological polar surface area (TPSA) is 26.3 Å². The minimum atomic E-state index is -0.210. The predicted molar refractivity (Wildman–Crippen MR) is 86.5 cm³/mol. The lowest BCUT2D eigenvalue weighted by Gasteiger charge is -2.28. The van der Waals surface area contributed by atoms with Gasteiger partial charge in [0.15, 0.2) is 5.78 Å². The van der Waals surface area contributed by atoms with Crippen molar-refractivity contribution in [1.29, 1.82) is 0 Å². The second kappa shape index (κ2) is 4.98. The Morgan fingerprint density at radius 2 is 1.91 bits per heavy atom. The van der Waals surface area contributed by atoms with Crippen LogP contribution in [0.4, 0.5) is 0 Å². The molecule has 2 aromatic rings. The molecule has 2 atom stereocenters. The molecule has 1 fully saturated rings. The number of hydrogen-bond donors (Lipinski definition) is 0. The van der Waals surface area contributed by atoms with Gasteiger partial charge in [0.1, 0.15) is 5.75 Å². The van der Waals surface area contributed by atoms with Crippen molar-refractivity contribution in [3.63, 3.8) is 0 Å². The summed E-state index contributed by atoms with van der Waals surface area (Å²) < 4.78 is 5.23. The Kier molecular flexibility index (Phi) is 3.07. The molecule has 4 rings (SSSR count). The van der Waals surface area contributed by atoms with E-state index in [4.69, 9.17) is 4.74 Å². The van der Waals surface area contributed by atoms with Crippen molar-refractivity contribution < 1.29 is 9.53 Å². The summed E-state index contributed by atoms with van der Waals surface area (Å²) in [5, 5.41) is 0. The van der Waals surface area contributed by atoms with Crippen LogP contribution in [0.15, 0.2) is 48.5 Å². The molecule has 2 unspecified atom stereocenters. The van der Waals surface area contributed by atoms with Gasteiger partial charge in [0.05, 0.1) is 7.11 Å². The van der Waals surface area contributed by atoms with E-state index >= 15 is 0 Å². The molecule has 0 amide bonds. The van der Waals surface area contributed by atoms with Gasteiger partial charge in [-0.2, -0.15) is 0 Å². The van der Waals surface area contributed by atoms with Gasteiger partial charge in [0.25, 0.3) is 0 Å². The monoisotopic (exact) mass is 292 g/mol. The number of carbonyl (C=O) groups excluding carboxylic acids is 1. The Morgan fingerprint density at radius 1 is 1.14 bits per heavy atom. The molecule has 0 saturated heterocycles. The van der Waals surface area contributed by atoms with E-state index in [0.717, 1.165) is 37.0 Å². The molecule has 0 aliphatic heterocycles. The van der Waals surface area contributed by atoms with Crippen molar-refractivity contribution in [2.45, 2.75) is 31.6 Å². The number of Topliss-reactive ketones (excluding diaryl/α,β-unsaturated/α-hetero) is 1. The van der Waals surface area contributed by atoms with E-state index in [1.807, 2.05) is 24.3 Å². The Hall–Kier alpha value is -2.09. The van der Waals surface area contributed by atoms with Crippen LogP contribution in [-0.4, -0.2) is 12.9 Å². The van der Waals surface area contributed by atoms with Crippen molar-refractivity contribution in [3.05, 3.63) is 65.2 Å². The highest BCUT2D eigenvalue weighted by Crippen LogP contribution is 2.58. The number of methoxy groups -OCH3 is 1. The van der Waals surface area contributed by atoms with E-state index in [9.17, 15) is 4.79 Å². The normalized spacial score (nSPS) is 25.9. The van der Waals surface area contributed by atoms with E-state index < -0.39 is 0 Å². The van der Waals surface area contributed by atoms with Crippen LogP contribution in [0.3, 0.4) is 0 Å². The Morgan fingerprint density at radius 3 is 2.68 bits per heavy atom. The van der Waals surface area contributed by atoms with Gasteiger partial charge in [-0.1, -0.05) is 42.8 Å². The Labute approximate surface area is 131 Å². The Bertz CT molecular complexity index is 717. The lowest BCUT2D eigenvalue weighted by Crippen LogP contribution is -2.30. The second-order valence-corrected chi connectivity index (χ2v) is 6.54. The summed E-state index contributed by atoms with van der Waals surface area (Å²) in [6.45, 7) is 0. The molecule has 2 nitrogen and oxygen atoms in total. The third kappa shape index (κ3) is 1.83. The summed E-state index contributed by atoms with van der Waals surface area (Å²) in [6.07, 6.45) is 4.15. The molecule has 2 aliphatic rings. The maximum absolute atomic E-state index is 13.1. The summed E-state index contributed by atoms with van der Waals surface area (Å²) >= 11 is 0. The minimum Gasteiger partial charge on any atom is -0.497 e. The molecular weight excluding hydrogens is 272 g/mol. The average molecular weight is 292 g/mol. The van der Waals surface area contributed by atoms with E-state index in [2.05, 4.69) is 24.3 Å². The van der Waals surface area contributed by atoms with Gasteiger partial charge in [-0.3, -0.25) is 4.79 Å². The number of ketones is 1. The molecule has 0 radical (unpaired) electrons. The van der Waals surface area contributed by atoms with Crippen LogP contribution in [0.5, 0.6) is 5.75 Å². The first kappa shape index (κ1) is 13.6. The number of rotatable bonds is 3. The van der Waals surface area contributed by atoms with Crippen LogP contribution in [0.25, 0.3) is 0 Å². The highest BCUT2D eigenvalue weighted by molar-refractivity contribution is 6.06. The molecule has 0 N–H and O–H groups in total. The third-order valence-electron chi connectivity index (χ3n) is 5.49. The zero-order chi connectivity index (χ0) is 15.2. The van der Waals surface area contributed by atoms with Crippen LogP contribution < -0.4 is 4.74 Å². The smallest absolute Gasteiger partial charge is 0.170 e. The lowest BCUT2D eigenvalue weighted by molar-refractivity contribution is 0.0805. The van der Waals surface area contributed by atoms with E-state index in [0.29, 0.717) is 11.7 Å². The summed E-state index contributed by atoms with van der Waals surface area (Å²) in [5.74, 6) is 1.63. The molecular formula is C20H20O2. The van der Waals surface area contributed by atoms with Gasteiger partial charge in [-0.25, -0.2) is 0 Å². The molecule has 2 aliphatic carbocycles. The molecule has 22 heavy (non-hydrogen) atoms. The van der Waals surface area contributed by atoms with E-state index in [-0.39, 0.29) is 5.41 Å². The van der Waals surface area contributed by atoms with E-state index in [1.54, 1.807) is 7.11 Å². The van der Waals surface area contributed by atoms with Crippen molar-refractivity contribution >= 4 is 5.78 Å². The van der Waals surface area contributed by atoms with Gasteiger partial charge in [-0.05, 0) is 48.4 Å². The van der Waals surface area contributed by atoms with Crippen molar-refractivity contribution in [3.8, 4) is 5.75 Å². The van der Waals surface area contributed by atoms with Gasteiger partial charge < -0.3 is 4.74 Å². The summed E-state index contributed by atoms with van der Waals surface area (Å²) in [5.41, 5.74) is 3.26. The number of hydrogen-bond acceptors (Lipinski definition) is 2. The zero-order valence-electron chi connectivity index (χ0n) is 12.8. The number of carbonyl (C=O) groups is 1. The second-order valence-electron chi connectivity index (χ2n) is 6.54. The van der Waals surface area contributed by atoms with Gasteiger partial charge in [-0.15, -0.1) is 0 Å². The van der Waals surface area contributed by atoms with Gasteiger partial charge in [0.2, 0.25) is 0 Å². The SMILES string of the molecule is COc1ccc(CC23CCCC2c2ccccc2C3=O)cc1. The molecule has 0 bridgehead atoms. The molecule has 2 aromatic carbocycles.